The van der Waals surface area contributed by atoms with Gasteiger partial charge in [0.2, 0.25) is 0 Å². The summed E-state index contributed by atoms with van der Waals surface area (Å²) in [5, 5.41) is 20.4. The van der Waals surface area contributed by atoms with Crippen LogP contribution >= 0.6 is 15.9 Å². The highest BCUT2D eigenvalue weighted by Gasteiger charge is 2.07. The molecule has 0 amide bonds. The van der Waals surface area contributed by atoms with E-state index in [0.29, 0.717) is 11.9 Å². The van der Waals surface area contributed by atoms with Gasteiger partial charge in [-0.25, -0.2) is 9.36 Å². The van der Waals surface area contributed by atoms with Gasteiger partial charge in [-0.3, -0.25) is 0 Å². The summed E-state index contributed by atoms with van der Waals surface area (Å²) in [4.78, 5) is 0. The van der Waals surface area contributed by atoms with Crippen LogP contribution in [0.15, 0.2) is 6.20 Å². The summed E-state index contributed by atoms with van der Waals surface area (Å²) in [6, 6.07) is 0. The molecule has 2 aromatic heterocycles. The highest BCUT2D eigenvalue weighted by atomic mass is 79.9. The molecule has 92 valence electrons. The fourth-order valence-electron chi connectivity index (χ4n) is 1.44. The van der Waals surface area contributed by atoms with E-state index in [2.05, 4.69) is 48.7 Å². The molecule has 0 unspecified atom stereocenters. The number of halogens is 1. The van der Waals surface area contributed by atoms with Crippen molar-refractivity contribution < 1.29 is 0 Å². The van der Waals surface area contributed by atoms with Crippen LogP contribution in [0.5, 0.6) is 0 Å². The molecule has 0 fully saturated rings. The zero-order chi connectivity index (χ0) is 12.1. The average molecular weight is 300 g/mol. The van der Waals surface area contributed by atoms with Crippen LogP contribution in [0.25, 0.3) is 0 Å². The summed E-state index contributed by atoms with van der Waals surface area (Å²) in [5.74, 6) is 0.810. The molecule has 0 atom stereocenters. The molecular formula is C9H14BrN7. The largest absolute Gasteiger partial charge is 0.245 e. The molecule has 0 aliphatic rings. The molecule has 0 radical (unpaired) electrons. The van der Waals surface area contributed by atoms with Gasteiger partial charge in [-0.1, -0.05) is 34.5 Å². The number of unbranched alkanes of at least 4 members (excludes halogenated alkanes) is 1. The molecule has 0 saturated heterocycles. The van der Waals surface area contributed by atoms with Crippen molar-refractivity contribution in [3.05, 3.63) is 17.7 Å². The topological polar surface area (TPSA) is 74.3 Å². The van der Waals surface area contributed by atoms with E-state index in [4.69, 9.17) is 0 Å². The summed E-state index contributed by atoms with van der Waals surface area (Å²) in [5.41, 5.74) is 0.901. The van der Waals surface area contributed by atoms with E-state index in [9.17, 15) is 0 Å². The molecule has 0 bridgehead atoms. The van der Waals surface area contributed by atoms with E-state index in [0.717, 1.165) is 30.9 Å². The van der Waals surface area contributed by atoms with Crippen LogP contribution in [-0.4, -0.2) is 35.2 Å². The predicted octanol–water partition coefficient (Wildman–Crippen LogP) is 1.01. The Kier molecular flexibility index (Phi) is 4.18. The van der Waals surface area contributed by atoms with Crippen molar-refractivity contribution in [3.8, 4) is 0 Å². The second-order valence-corrected chi connectivity index (χ2v) is 4.27. The van der Waals surface area contributed by atoms with Gasteiger partial charge in [-0.15, -0.1) is 10.2 Å². The highest BCUT2D eigenvalue weighted by Crippen LogP contribution is 2.03. The van der Waals surface area contributed by atoms with Crippen molar-refractivity contribution in [3.63, 3.8) is 0 Å². The summed E-state index contributed by atoms with van der Waals surface area (Å²) in [6.07, 6.45) is 4.08. The lowest BCUT2D eigenvalue weighted by Crippen LogP contribution is -2.10. The normalized spacial score (nSPS) is 10.9. The fourth-order valence-corrected chi connectivity index (χ4v) is 1.70. The third-order valence-corrected chi connectivity index (χ3v) is 2.93. The Bertz CT molecular complexity index is 463. The smallest absolute Gasteiger partial charge is 0.172 e. The molecule has 0 saturated carbocycles. The summed E-state index contributed by atoms with van der Waals surface area (Å²) < 4.78 is 3.56. The Balaban J connectivity index is 2.04. The van der Waals surface area contributed by atoms with Crippen molar-refractivity contribution in [1.82, 2.24) is 35.2 Å². The van der Waals surface area contributed by atoms with Gasteiger partial charge >= 0.3 is 0 Å². The minimum atomic E-state index is 0.552. The second-order valence-electron chi connectivity index (χ2n) is 3.71. The molecule has 0 spiro atoms. The SMILES string of the molecule is CCCCn1nnnc1Cn1cc(CBr)nn1. The van der Waals surface area contributed by atoms with Crippen molar-refractivity contribution in [2.75, 3.05) is 0 Å². The van der Waals surface area contributed by atoms with Gasteiger partial charge in [-0.05, 0) is 16.8 Å². The molecule has 17 heavy (non-hydrogen) atoms. The van der Waals surface area contributed by atoms with Gasteiger partial charge in [0, 0.05) is 18.1 Å². The first-order valence-electron chi connectivity index (χ1n) is 5.53. The lowest BCUT2D eigenvalue weighted by molar-refractivity contribution is 0.511. The van der Waals surface area contributed by atoms with E-state index in [1.54, 1.807) is 4.68 Å². The van der Waals surface area contributed by atoms with Gasteiger partial charge in [0.15, 0.2) is 5.82 Å². The summed E-state index contributed by atoms with van der Waals surface area (Å²) in [7, 11) is 0. The van der Waals surface area contributed by atoms with Gasteiger partial charge < -0.3 is 0 Å². The molecule has 8 heteroatoms. The first-order chi connectivity index (χ1) is 8.33. The fraction of sp³-hybridized carbons (Fsp3) is 0.667. The Labute approximate surface area is 107 Å². The molecule has 2 heterocycles. The zero-order valence-electron chi connectivity index (χ0n) is 9.62. The molecule has 0 aliphatic carbocycles. The number of rotatable bonds is 6. The Morgan fingerprint density at radius 3 is 2.88 bits per heavy atom. The molecule has 2 rings (SSSR count). The lowest BCUT2D eigenvalue weighted by atomic mass is 10.3. The van der Waals surface area contributed by atoms with Crippen LogP contribution in [0.1, 0.15) is 31.3 Å². The van der Waals surface area contributed by atoms with E-state index in [1.165, 1.54) is 0 Å². The highest BCUT2D eigenvalue weighted by molar-refractivity contribution is 9.08. The number of tetrazole rings is 1. The quantitative estimate of drug-likeness (QED) is 0.744. The van der Waals surface area contributed by atoms with Crippen LogP contribution in [-0.2, 0) is 18.4 Å². The zero-order valence-corrected chi connectivity index (χ0v) is 11.2. The van der Waals surface area contributed by atoms with E-state index >= 15 is 0 Å². The Hall–Kier alpha value is -1.31. The Morgan fingerprint density at radius 2 is 2.18 bits per heavy atom. The van der Waals surface area contributed by atoms with E-state index in [1.807, 2.05) is 10.9 Å². The number of nitrogens with zero attached hydrogens (tertiary/aromatic N) is 7. The number of aryl methyl sites for hydroxylation is 1. The maximum Gasteiger partial charge on any atom is 0.172 e. The summed E-state index contributed by atoms with van der Waals surface area (Å²) in [6.45, 7) is 3.54. The van der Waals surface area contributed by atoms with Crippen LogP contribution in [0.3, 0.4) is 0 Å². The predicted molar refractivity (Wildman–Crippen MR) is 64.5 cm³/mol. The van der Waals surface area contributed by atoms with Crippen molar-refractivity contribution in [2.45, 2.75) is 38.2 Å². The lowest BCUT2D eigenvalue weighted by Gasteiger charge is -2.02. The third-order valence-electron chi connectivity index (χ3n) is 2.36. The first-order valence-corrected chi connectivity index (χ1v) is 6.65. The van der Waals surface area contributed by atoms with Crippen molar-refractivity contribution >= 4 is 15.9 Å². The van der Waals surface area contributed by atoms with Crippen LogP contribution in [0.2, 0.25) is 0 Å². The Morgan fingerprint density at radius 1 is 1.29 bits per heavy atom. The first kappa shape index (κ1) is 12.2. The average Bonchev–Trinajstić information content (AvgIpc) is 2.96. The standard InChI is InChI=1S/C9H14BrN7/c1-2-3-4-17-9(12-13-15-17)7-16-6-8(5-10)11-14-16/h6H,2-5,7H2,1H3. The van der Waals surface area contributed by atoms with Gasteiger partial charge in [0.1, 0.15) is 6.54 Å². The molecule has 0 aliphatic heterocycles. The summed E-state index contributed by atoms with van der Waals surface area (Å²) >= 11 is 3.34. The number of alkyl halides is 1. The number of aromatic nitrogens is 7. The third kappa shape index (κ3) is 3.09. The van der Waals surface area contributed by atoms with Crippen LogP contribution < -0.4 is 0 Å². The molecule has 2 aromatic rings. The maximum absolute atomic E-state index is 4.01. The van der Waals surface area contributed by atoms with Crippen molar-refractivity contribution in [2.24, 2.45) is 0 Å². The van der Waals surface area contributed by atoms with E-state index in [-0.39, 0.29) is 0 Å². The van der Waals surface area contributed by atoms with Gasteiger partial charge in [0.25, 0.3) is 0 Å². The second kappa shape index (κ2) is 5.85. The molecule has 0 aromatic carbocycles. The van der Waals surface area contributed by atoms with Crippen LogP contribution in [0, 0.1) is 0 Å². The van der Waals surface area contributed by atoms with Gasteiger partial charge in [0.05, 0.1) is 5.69 Å². The molecular weight excluding hydrogens is 286 g/mol. The van der Waals surface area contributed by atoms with Gasteiger partial charge in [-0.2, -0.15) is 0 Å². The van der Waals surface area contributed by atoms with Crippen LogP contribution in [0.4, 0.5) is 0 Å². The molecule has 0 N–H and O–H groups in total. The number of hydrogen-bond acceptors (Lipinski definition) is 5. The maximum atomic E-state index is 4.01. The number of hydrogen-bond donors (Lipinski definition) is 0. The van der Waals surface area contributed by atoms with E-state index < -0.39 is 0 Å². The minimum absolute atomic E-state index is 0.552. The minimum Gasteiger partial charge on any atom is -0.245 e. The molecule has 7 nitrogen and oxygen atoms in total. The van der Waals surface area contributed by atoms with Crippen molar-refractivity contribution in [1.29, 1.82) is 0 Å². The monoisotopic (exact) mass is 299 g/mol.